The van der Waals surface area contributed by atoms with E-state index in [4.69, 9.17) is 0 Å². The van der Waals surface area contributed by atoms with Crippen LogP contribution in [0.5, 0.6) is 0 Å². The zero-order valence-corrected chi connectivity index (χ0v) is 10.5. The van der Waals surface area contributed by atoms with Gasteiger partial charge in [0.05, 0.1) is 6.04 Å². The lowest BCUT2D eigenvalue weighted by Crippen LogP contribution is -2.49. The summed E-state index contributed by atoms with van der Waals surface area (Å²) < 4.78 is 12.8. The second kappa shape index (κ2) is 5.51. The number of halogens is 1. The third kappa shape index (κ3) is 2.98. The molecule has 0 spiro atoms. The zero-order valence-electron chi connectivity index (χ0n) is 9.65. The van der Waals surface area contributed by atoms with Gasteiger partial charge < -0.3 is 10.2 Å². The molecule has 0 bridgehead atoms. The molecule has 3 nitrogen and oxygen atoms in total. The summed E-state index contributed by atoms with van der Waals surface area (Å²) in [4.78, 5) is 13.7. The predicted octanol–water partition coefficient (Wildman–Crippen LogP) is 1.49. The van der Waals surface area contributed by atoms with Crippen molar-refractivity contribution in [1.82, 2.24) is 5.32 Å². The van der Waals surface area contributed by atoms with Gasteiger partial charge in [-0.05, 0) is 24.3 Å². The van der Waals surface area contributed by atoms with E-state index in [2.05, 4.69) is 5.32 Å². The highest BCUT2D eigenvalue weighted by Gasteiger charge is 2.24. The van der Waals surface area contributed by atoms with Crippen molar-refractivity contribution in [2.24, 2.45) is 0 Å². The van der Waals surface area contributed by atoms with Crippen LogP contribution in [0.15, 0.2) is 24.3 Å². The molecular weight excluding hydrogens is 239 g/mol. The maximum atomic E-state index is 12.8. The number of rotatable bonds is 2. The van der Waals surface area contributed by atoms with Crippen LogP contribution in [0.1, 0.15) is 0 Å². The monoisotopic (exact) mass is 254 g/mol. The average Bonchev–Trinajstić information content (AvgIpc) is 2.39. The fourth-order valence-electron chi connectivity index (χ4n) is 1.75. The van der Waals surface area contributed by atoms with E-state index in [1.807, 2.05) is 0 Å². The van der Waals surface area contributed by atoms with E-state index in [0.29, 0.717) is 5.69 Å². The topological polar surface area (TPSA) is 32.3 Å². The van der Waals surface area contributed by atoms with Crippen LogP contribution in [0.2, 0.25) is 0 Å². The molecule has 1 saturated heterocycles. The van der Waals surface area contributed by atoms with Crippen LogP contribution in [0.4, 0.5) is 10.1 Å². The minimum absolute atomic E-state index is 0.0313. The summed E-state index contributed by atoms with van der Waals surface area (Å²) in [6.07, 6.45) is 0. The molecule has 0 radical (unpaired) electrons. The second-order valence-electron chi connectivity index (χ2n) is 3.96. The van der Waals surface area contributed by atoms with Gasteiger partial charge in [0.25, 0.3) is 0 Å². The number of likely N-dealkylation sites (N-methyl/N-ethyl adjacent to an activating group) is 1. The first-order valence-corrected chi connectivity index (χ1v) is 6.68. The number of anilines is 1. The minimum atomic E-state index is -0.291. The quantitative estimate of drug-likeness (QED) is 0.868. The van der Waals surface area contributed by atoms with Crippen molar-refractivity contribution in [2.45, 2.75) is 6.04 Å². The van der Waals surface area contributed by atoms with Gasteiger partial charge in [0.1, 0.15) is 5.82 Å². The SMILES string of the molecule is CN(C(=O)C1CSCCN1)c1ccc(F)cc1. The normalized spacial score (nSPS) is 20.0. The Bertz CT molecular complexity index is 390. The predicted molar refractivity (Wildman–Crippen MR) is 68.9 cm³/mol. The van der Waals surface area contributed by atoms with Gasteiger partial charge in [-0.2, -0.15) is 11.8 Å². The number of amides is 1. The van der Waals surface area contributed by atoms with E-state index in [1.54, 1.807) is 35.8 Å². The maximum absolute atomic E-state index is 12.8. The largest absolute Gasteiger partial charge is 0.314 e. The molecule has 1 heterocycles. The molecule has 5 heteroatoms. The molecule has 1 amide bonds. The summed E-state index contributed by atoms with van der Waals surface area (Å²) in [7, 11) is 1.72. The Morgan fingerprint density at radius 3 is 2.76 bits per heavy atom. The second-order valence-corrected chi connectivity index (χ2v) is 5.11. The summed E-state index contributed by atoms with van der Waals surface area (Å²) >= 11 is 1.78. The number of benzene rings is 1. The van der Waals surface area contributed by atoms with Gasteiger partial charge in [-0.3, -0.25) is 4.79 Å². The van der Waals surface area contributed by atoms with Crippen molar-refractivity contribution >= 4 is 23.4 Å². The Labute approximate surface area is 104 Å². The number of hydrogen-bond donors (Lipinski definition) is 1. The molecule has 1 aliphatic rings. The summed E-state index contributed by atoms with van der Waals surface area (Å²) in [5.41, 5.74) is 0.716. The molecule has 1 aromatic carbocycles. The number of carbonyl (C=O) groups is 1. The highest BCUT2D eigenvalue weighted by molar-refractivity contribution is 7.99. The fraction of sp³-hybridized carbons (Fsp3) is 0.417. The van der Waals surface area contributed by atoms with Crippen molar-refractivity contribution in [3.8, 4) is 0 Å². The van der Waals surface area contributed by atoms with Crippen LogP contribution in [0.25, 0.3) is 0 Å². The Hall–Kier alpha value is -1.07. The molecule has 17 heavy (non-hydrogen) atoms. The van der Waals surface area contributed by atoms with Crippen LogP contribution in [-0.2, 0) is 4.79 Å². The third-order valence-corrected chi connectivity index (χ3v) is 3.83. The molecular formula is C12H15FN2OS. The number of hydrogen-bond acceptors (Lipinski definition) is 3. The van der Waals surface area contributed by atoms with Gasteiger partial charge in [-0.25, -0.2) is 4.39 Å². The van der Waals surface area contributed by atoms with Gasteiger partial charge >= 0.3 is 0 Å². The molecule has 0 aromatic heterocycles. The Morgan fingerprint density at radius 1 is 1.47 bits per heavy atom. The van der Waals surface area contributed by atoms with Crippen molar-refractivity contribution in [3.05, 3.63) is 30.1 Å². The van der Waals surface area contributed by atoms with Crippen molar-refractivity contribution < 1.29 is 9.18 Å². The Kier molecular flexibility index (Phi) is 4.02. The van der Waals surface area contributed by atoms with Gasteiger partial charge in [-0.15, -0.1) is 0 Å². The number of thioether (sulfide) groups is 1. The molecule has 1 aromatic rings. The zero-order chi connectivity index (χ0) is 12.3. The van der Waals surface area contributed by atoms with E-state index in [0.717, 1.165) is 18.1 Å². The van der Waals surface area contributed by atoms with Gasteiger partial charge in [0, 0.05) is 30.8 Å². The van der Waals surface area contributed by atoms with Crippen LogP contribution in [-0.4, -0.2) is 37.0 Å². The number of nitrogens with one attached hydrogen (secondary N) is 1. The third-order valence-electron chi connectivity index (χ3n) is 2.76. The standard InChI is InChI=1S/C12H15FN2OS/c1-15(10-4-2-9(13)3-5-10)12(16)11-8-17-7-6-14-11/h2-5,11,14H,6-8H2,1H3. The van der Waals surface area contributed by atoms with Gasteiger partial charge in [0.15, 0.2) is 0 Å². The molecule has 0 saturated carbocycles. The number of carbonyl (C=O) groups excluding carboxylic acids is 1. The fourth-order valence-corrected chi connectivity index (χ4v) is 2.67. The average molecular weight is 254 g/mol. The highest BCUT2D eigenvalue weighted by Crippen LogP contribution is 2.16. The summed E-state index contributed by atoms with van der Waals surface area (Å²) in [6, 6.07) is 5.82. The molecule has 1 aliphatic heterocycles. The minimum Gasteiger partial charge on any atom is -0.314 e. The van der Waals surface area contributed by atoms with Crippen LogP contribution >= 0.6 is 11.8 Å². The first kappa shape index (κ1) is 12.4. The molecule has 1 N–H and O–H groups in total. The van der Waals surface area contributed by atoms with Crippen LogP contribution in [0, 0.1) is 5.82 Å². The Balaban J connectivity index is 2.05. The smallest absolute Gasteiger partial charge is 0.244 e. The van der Waals surface area contributed by atoms with E-state index >= 15 is 0 Å². The van der Waals surface area contributed by atoms with Gasteiger partial charge in [0.2, 0.25) is 5.91 Å². The van der Waals surface area contributed by atoms with Crippen molar-refractivity contribution in [3.63, 3.8) is 0 Å². The molecule has 1 unspecified atom stereocenters. The lowest BCUT2D eigenvalue weighted by Gasteiger charge is -2.27. The summed E-state index contributed by atoms with van der Waals surface area (Å²) in [5, 5.41) is 3.19. The first-order chi connectivity index (χ1) is 8.18. The molecule has 0 aliphatic carbocycles. The molecule has 1 fully saturated rings. The summed E-state index contributed by atoms with van der Waals surface area (Å²) in [6.45, 7) is 0.859. The van der Waals surface area contributed by atoms with E-state index in [9.17, 15) is 9.18 Å². The van der Waals surface area contributed by atoms with E-state index < -0.39 is 0 Å². The van der Waals surface area contributed by atoms with Crippen LogP contribution < -0.4 is 10.2 Å². The maximum Gasteiger partial charge on any atom is 0.244 e. The highest BCUT2D eigenvalue weighted by atomic mass is 32.2. The Morgan fingerprint density at radius 2 is 2.18 bits per heavy atom. The molecule has 1 atom stereocenters. The van der Waals surface area contributed by atoms with Crippen molar-refractivity contribution in [1.29, 1.82) is 0 Å². The van der Waals surface area contributed by atoms with Gasteiger partial charge in [-0.1, -0.05) is 0 Å². The molecule has 92 valence electrons. The molecule has 2 rings (SSSR count). The lowest BCUT2D eigenvalue weighted by molar-refractivity contribution is -0.119. The van der Waals surface area contributed by atoms with E-state index in [-0.39, 0.29) is 17.8 Å². The van der Waals surface area contributed by atoms with Crippen LogP contribution in [0.3, 0.4) is 0 Å². The first-order valence-electron chi connectivity index (χ1n) is 5.53. The number of nitrogens with zero attached hydrogens (tertiary/aromatic N) is 1. The lowest BCUT2D eigenvalue weighted by atomic mass is 10.2. The van der Waals surface area contributed by atoms with E-state index in [1.165, 1.54) is 12.1 Å². The summed E-state index contributed by atoms with van der Waals surface area (Å²) in [5.74, 6) is 1.58. The van der Waals surface area contributed by atoms with Crippen molar-refractivity contribution in [2.75, 3.05) is 30.0 Å².